The van der Waals surface area contributed by atoms with Gasteiger partial charge in [-0.05, 0) is 69.5 Å². The summed E-state index contributed by atoms with van der Waals surface area (Å²) in [6.45, 7) is 7.88. The lowest BCUT2D eigenvalue weighted by Gasteiger charge is -2.37. The summed E-state index contributed by atoms with van der Waals surface area (Å²) in [6.07, 6.45) is 4.96. The second-order valence-electron chi connectivity index (χ2n) is 6.46. The van der Waals surface area contributed by atoms with Crippen molar-refractivity contribution < 1.29 is 9.90 Å². The summed E-state index contributed by atoms with van der Waals surface area (Å²) in [5, 5.41) is 20.5. The van der Waals surface area contributed by atoms with Crippen molar-refractivity contribution in [3.05, 3.63) is 34.9 Å². The van der Waals surface area contributed by atoms with Gasteiger partial charge in [0.1, 0.15) is 5.78 Å². The number of unbranched alkanes of at least 4 members (excludes halogenated alkanes) is 2. The summed E-state index contributed by atoms with van der Waals surface area (Å²) in [4.78, 5) is 12.2. The molecule has 0 bridgehead atoms. The van der Waals surface area contributed by atoms with Gasteiger partial charge in [0.25, 0.3) is 0 Å². The third-order valence-corrected chi connectivity index (χ3v) is 4.77. The van der Waals surface area contributed by atoms with E-state index in [-0.39, 0.29) is 5.78 Å². The first-order valence-electron chi connectivity index (χ1n) is 8.85. The molecule has 1 aromatic rings. The van der Waals surface area contributed by atoms with Crippen molar-refractivity contribution >= 4 is 5.78 Å². The van der Waals surface area contributed by atoms with Crippen molar-refractivity contribution in [2.45, 2.75) is 58.3 Å². The highest BCUT2D eigenvalue weighted by atomic mass is 16.2. The molecule has 2 rings (SSSR count). The van der Waals surface area contributed by atoms with Crippen LogP contribution in [-0.2, 0) is 10.2 Å². The first kappa shape index (κ1) is 20.3. The van der Waals surface area contributed by atoms with Gasteiger partial charge in [0.15, 0.2) is 0 Å². The Labute approximate surface area is 145 Å². The van der Waals surface area contributed by atoms with Crippen LogP contribution in [0.25, 0.3) is 0 Å². The molecule has 0 amide bonds. The second-order valence-corrected chi connectivity index (χ2v) is 6.46. The lowest BCUT2D eigenvalue weighted by Crippen LogP contribution is -2.45. The highest BCUT2D eigenvalue weighted by molar-refractivity contribution is 5.88. The number of carbonyl (C=O) groups is 1. The maximum Gasteiger partial charge on any atom is 0.140 e. The monoisotopic (exact) mass is 330 g/mol. The van der Waals surface area contributed by atoms with E-state index in [4.69, 9.17) is 10.4 Å². The molecular weight excluding hydrogens is 300 g/mol. The number of hydrogen-bond donors (Lipinski definition) is 2. The average Bonchev–Trinajstić information content (AvgIpc) is 2.61. The minimum Gasteiger partial charge on any atom is -0.396 e. The second kappa shape index (κ2) is 10.2. The number of nitriles is 1. The van der Waals surface area contributed by atoms with E-state index < -0.39 is 5.41 Å². The van der Waals surface area contributed by atoms with Crippen LogP contribution in [0, 0.1) is 18.3 Å². The number of piperidine rings is 1. The number of aliphatic hydroxyl groups is 1. The summed E-state index contributed by atoms with van der Waals surface area (Å²) in [6, 6.07) is 7.81. The quantitative estimate of drug-likeness (QED) is 0.813. The minimum atomic E-state index is -0.401. The van der Waals surface area contributed by atoms with Crippen LogP contribution in [0.4, 0.5) is 0 Å². The standard InChI is InChI=1S/C15H18N2O.C5H12O/c1-11-3-4-13(10-16)9-14(11)15(12(2)18)5-7-17-8-6-15;1-2-3-4-5-6/h3-4,9,17H,5-8H2,1-2H3;6H,2-5H2,1H3. The molecule has 2 N–H and O–H groups in total. The molecule has 1 heterocycles. The van der Waals surface area contributed by atoms with Gasteiger partial charge in [0, 0.05) is 6.61 Å². The van der Waals surface area contributed by atoms with Crippen molar-refractivity contribution in [2.24, 2.45) is 0 Å². The van der Waals surface area contributed by atoms with Gasteiger partial charge in [-0.1, -0.05) is 25.8 Å². The Hall–Kier alpha value is -1.70. The van der Waals surface area contributed by atoms with Crippen LogP contribution in [0.5, 0.6) is 0 Å². The summed E-state index contributed by atoms with van der Waals surface area (Å²) in [7, 11) is 0. The van der Waals surface area contributed by atoms with Gasteiger partial charge >= 0.3 is 0 Å². The van der Waals surface area contributed by atoms with Gasteiger partial charge in [0.05, 0.1) is 17.0 Å². The molecule has 1 aliphatic rings. The molecule has 0 radical (unpaired) electrons. The van der Waals surface area contributed by atoms with Crippen LogP contribution >= 0.6 is 0 Å². The maximum atomic E-state index is 12.2. The van der Waals surface area contributed by atoms with Crippen LogP contribution in [0.15, 0.2) is 18.2 Å². The van der Waals surface area contributed by atoms with E-state index in [0.717, 1.165) is 49.9 Å². The molecule has 132 valence electrons. The fraction of sp³-hybridized carbons (Fsp3) is 0.600. The summed E-state index contributed by atoms with van der Waals surface area (Å²) >= 11 is 0. The van der Waals surface area contributed by atoms with Crippen molar-refractivity contribution in [3.63, 3.8) is 0 Å². The number of Topliss-reactive ketones (excluding diaryl/α,β-unsaturated/α-hetero) is 1. The van der Waals surface area contributed by atoms with Gasteiger partial charge in [-0.2, -0.15) is 5.26 Å². The molecule has 4 heteroatoms. The lowest BCUT2D eigenvalue weighted by molar-refractivity contribution is -0.123. The lowest BCUT2D eigenvalue weighted by atomic mass is 9.69. The minimum absolute atomic E-state index is 0.210. The number of ketones is 1. The Balaban J connectivity index is 0.000000413. The van der Waals surface area contributed by atoms with Gasteiger partial charge in [0.2, 0.25) is 0 Å². The molecule has 24 heavy (non-hydrogen) atoms. The zero-order valence-electron chi connectivity index (χ0n) is 15.2. The normalized spacial score (nSPS) is 15.8. The Bertz CT molecular complexity index is 565. The molecule has 0 atom stereocenters. The van der Waals surface area contributed by atoms with E-state index >= 15 is 0 Å². The van der Waals surface area contributed by atoms with E-state index in [0.29, 0.717) is 12.2 Å². The van der Waals surface area contributed by atoms with Crippen LogP contribution in [0.3, 0.4) is 0 Å². The molecule has 0 saturated carbocycles. The molecule has 1 saturated heterocycles. The number of rotatable bonds is 5. The molecule has 0 aliphatic carbocycles. The van der Waals surface area contributed by atoms with E-state index in [9.17, 15) is 4.79 Å². The van der Waals surface area contributed by atoms with Crippen molar-refractivity contribution in [1.82, 2.24) is 5.32 Å². The highest BCUT2D eigenvalue weighted by Crippen LogP contribution is 2.36. The van der Waals surface area contributed by atoms with Crippen LogP contribution in [0.1, 0.15) is 62.6 Å². The van der Waals surface area contributed by atoms with Crippen LogP contribution in [0.2, 0.25) is 0 Å². The number of carbonyl (C=O) groups excluding carboxylic acids is 1. The molecule has 0 spiro atoms. The number of hydrogen-bond acceptors (Lipinski definition) is 4. The molecule has 0 aromatic heterocycles. The largest absolute Gasteiger partial charge is 0.396 e. The van der Waals surface area contributed by atoms with E-state index in [1.807, 2.05) is 25.1 Å². The maximum absolute atomic E-state index is 12.2. The summed E-state index contributed by atoms with van der Waals surface area (Å²) in [5.74, 6) is 0.210. The van der Waals surface area contributed by atoms with Crippen molar-refractivity contribution in [3.8, 4) is 6.07 Å². The third-order valence-electron chi connectivity index (χ3n) is 4.77. The number of aliphatic hydroxyl groups excluding tert-OH is 1. The highest BCUT2D eigenvalue weighted by Gasteiger charge is 2.39. The number of benzene rings is 1. The van der Waals surface area contributed by atoms with E-state index in [1.54, 1.807) is 6.92 Å². The Morgan fingerprint density at radius 1 is 1.33 bits per heavy atom. The molecule has 4 nitrogen and oxygen atoms in total. The number of aryl methyl sites for hydroxylation is 1. The fourth-order valence-corrected chi connectivity index (χ4v) is 3.23. The molecule has 1 aliphatic heterocycles. The first-order valence-corrected chi connectivity index (χ1v) is 8.85. The van der Waals surface area contributed by atoms with Crippen molar-refractivity contribution in [1.29, 1.82) is 5.26 Å². The zero-order valence-corrected chi connectivity index (χ0v) is 15.2. The Morgan fingerprint density at radius 3 is 2.46 bits per heavy atom. The van der Waals surface area contributed by atoms with Gasteiger partial charge in [-0.25, -0.2) is 0 Å². The predicted octanol–water partition coefficient (Wildman–Crippen LogP) is 3.25. The van der Waals surface area contributed by atoms with E-state index in [1.165, 1.54) is 6.42 Å². The summed E-state index contributed by atoms with van der Waals surface area (Å²) in [5.41, 5.74) is 2.37. The predicted molar refractivity (Wildman–Crippen MR) is 97.0 cm³/mol. The summed E-state index contributed by atoms with van der Waals surface area (Å²) < 4.78 is 0. The van der Waals surface area contributed by atoms with E-state index in [2.05, 4.69) is 18.3 Å². The molecular formula is C20H30N2O2. The van der Waals surface area contributed by atoms with Crippen LogP contribution in [-0.4, -0.2) is 30.6 Å². The topological polar surface area (TPSA) is 73.1 Å². The Morgan fingerprint density at radius 2 is 2.00 bits per heavy atom. The third kappa shape index (κ3) is 5.15. The SMILES string of the molecule is CC(=O)C1(c2cc(C#N)ccc2C)CCNCC1.CCCCCO. The molecule has 1 fully saturated rings. The van der Waals surface area contributed by atoms with Gasteiger partial charge < -0.3 is 10.4 Å². The number of nitrogens with one attached hydrogen (secondary N) is 1. The van der Waals surface area contributed by atoms with Gasteiger partial charge in [-0.15, -0.1) is 0 Å². The average molecular weight is 330 g/mol. The number of nitrogens with zero attached hydrogens (tertiary/aromatic N) is 1. The van der Waals surface area contributed by atoms with Gasteiger partial charge in [-0.3, -0.25) is 4.79 Å². The molecule has 0 unspecified atom stereocenters. The smallest absolute Gasteiger partial charge is 0.140 e. The van der Waals surface area contributed by atoms with Crippen molar-refractivity contribution in [2.75, 3.05) is 19.7 Å². The van der Waals surface area contributed by atoms with Crippen LogP contribution < -0.4 is 5.32 Å². The fourth-order valence-electron chi connectivity index (χ4n) is 3.23. The molecule has 1 aromatic carbocycles. The zero-order chi connectivity index (χ0) is 18.0. The Kier molecular flexibility index (Phi) is 8.67. The first-order chi connectivity index (χ1) is 11.5.